The molecule has 0 radical (unpaired) electrons. The maximum Gasteiger partial charge on any atom is 0.278 e. The molecule has 2 N–H and O–H groups in total. The maximum absolute atomic E-state index is 13.3. The SMILES string of the molecule is CC(C)NC(=O)C1CCC(N2C(=NC(=O)c3ccc(F)cc3)Cc3cnc(OCCO)cc32)CC1. The van der Waals surface area contributed by atoms with Crippen molar-refractivity contribution in [1.29, 1.82) is 0 Å². The second kappa shape index (κ2) is 10.9. The zero-order valence-electron chi connectivity index (χ0n) is 20.0. The third kappa shape index (κ3) is 5.85. The predicted molar refractivity (Wildman–Crippen MR) is 130 cm³/mol. The number of carbonyl (C=O) groups is 2. The standard InChI is InChI=1S/C26H31FN4O4/c1-16(2)29-25(33)18-5-9-21(10-6-18)31-22-14-24(35-12-11-32)28-15-19(22)13-23(31)30-26(34)17-3-7-20(27)8-4-17/h3-4,7-8,14-16,18,21,32H,5-6,9-13H2,1-2H3,(H,29,33). The third-order valence-electron chi connectivity index (χ3n) is 6.35. The number of amidine groups is 1. The smallest absolute Gasteiger partial charge is 0.278 e. The average Bonchev–Trinajstić information content (AvgIpc) is 3.19. The Kier molecular flexibility index (Phi) is 7.75. The molecule has 1 saturated carbocycles. The minimum Gasteiger partial charge on any atom is -0.475 e. The number of rotatable bonds is 7. The second-order valence-corrected chi connectivity index (χ2v) is 9.28. The van der Waals surface area contributed by atoms with Gasteiger partial charge in [0.25, 0.3) is 5.91 Å². The number of nitrogens with one attached hydrogen (secondary N) is 1. The number of halogens is 1. The Morgan fingerprint density at radius 2 is 1.94 bits per heavy atom. The lowest BCUT2D eigenvalue weighted by Gasteiger charge is -2.36. The second-order valence-electron chi connectivity index (χ2n) is 9.28. The summed E-state index contributed by atoms with van der Waals surface area (Å²) < 4.78 is 18.8. The van der Waals surface area contributed by atoms with E-state index in [1.165, 1.54) is 24.3 Å². The van der Waals surface area contributed by atoms with Gasteiger partial charge in [-0.15, -0.1) is 0 Å². The lowest BCUT2D eigenvalue weighted by Crippen LogP contribution is -2.44. The monoisotopic (exact) mass is 482 g/mol. The summed E-state index contributed by atoms with van der Waals surface area (Å²) in [5.74, 6) is 0.197. The largest absolute Gasteiger partial charge is 0.475 e. The normalized spacial score (nSPS) is 20.7. The van der Waals surface area contributed by atoms with E-state index in [1.54, 1.807) is 6.20 Å². The van der Waals surface area contributed by atoms with Crippen molar-refractivity contribution in [2.45, 2.75) is 58.0 Å². The molecule has 2 aromatic rings. The number of aliphatic imine (C=N–C) groups is 1. The van der Waals surface area contributed by atoms with Crippen LogP contribution in [-0.2, 0) is 11.2 Å². The van der Waals surface area contributed by atoms with Crippen LogP contribution < -0.4 is 15.0 Å². The van der Waals surface area contributed by atoms with E-state index in [0.717, 1.165) is 36.9 Å². The molecule has 0 spiro atoms. The molecule has 1 aromatic carbocycles. The van der Waals surface area contributed by atoms with Gasteiger partial charge in [-0.2, -0.15) is 4.99 Å². The van der Waals surface area contributed by atoms with Gasteiger partial charge in [0.15, 0.2) is 0 Å². The van der Waals surface area contributed by atoms with Crippen molar-refractivity contribution in [2.75, 3.05) is 18.1 Å². The number of carbonyl (C=O) groups excluding carboxylic acids is 2. The number of hydrogen-bond acceptors (Lipinski definition) is 5. The molecule has 1 aliphatic heterocycles. The summed E-state index contributed by atoms with van der Waals surface area (Å²) in [4.78, 5) is 36.2. The molecular weight excluding hydrogens is 451 g/mol. The van der Waals surface area contributed by atoms with Crippen LogP contribution in [0.25, 0.3) is 0 Å². The van der Waals surface area contributed by atoms with E-state index in [-0.39, 0.29) is 37.1 Å². The Hall–Kier alpha value is -3.33. The third-order valence-corrected chi connectivity index (χ3v) is 6.35. The molecule has 0 unspecified atom stereocenters. The molecule has 0 saturated heterocycles. The number of aromatic nitrogens is 1. The molecule has 0 bridgehead atoms. The summed E-state index contributed by atoms with van der Waals surface area (Å²) in [7, 11) is 0. The maximum atomic E-state index is 13.3. The number of anilines is 1. The van der Waals surface area contributed by atoms with E-state index in [0.29, 0.717) is 23.7 Å². The van der Waals surface area contributed by atoms with Crippen LogP contribution in [0.15, 0.2) is 41.5 Å². The summed E-state index contributed by atoms with van der Waals surface area (Å²) in [6.45, 7) is 3.92. The highest BCUT2D eigenvalue weighted by atomic mass is 19.1. The lowest BCUT2D eigenvalue weighted by molar-refractivity contribution is -0.126. The minimum absolute atomic E-state index is 0.0298. The summed E-state index contributed by atoms with van der Waals surface area (Å²) in [6.07, 6.45) is 5.18. The zero-order chi connectivity index (χ0) is 24.9. The van der Waals surface area contributed by atoms with Crippen molar-refractivity contribution in [3.63, 3.8) is 0 Å². The summed E-state index contributed by atoms with van der Waals surface area (Å²) in [5, 5.41) is 12.1. The number of hydrogen-bond donors (Lipinski definition) is 2. The molecule has 8 nitrogen and oxygen atoms in total. The fourth-order valence-electron chi connectivity index (χ4n) is 4.71. The van der Waals surface area contributed by atoms with E-state index in [1.807, 2.05) is 19.9 Å². The first-order valence-electron chi connectivity index (χ1n) is 12.1. The average molecular weight is 483 g/mol. The van der Waals surface area contributed by atoms with Crippen molar-refractivity contribution in [3.8, 4) is 5.88 Å². The number of pyridine rings is 1. The van der Waals surface area contributed by atoms with Crippen LogP contribution in [0.5, 0.6) is 5.88 Å². The van der Waals surface area contributed by atoms with E-state index < -0.39 is 11.7 Å². The number of aliphatic hydroxyl groups excluding tert-OH is 1. The Morgan fingerprint density at radius 1 is 1.23 bits per heavy atom. The topological polar surface area (TPSA) is 104 Å². The van der Waals surface area contributed by atoms with E-state index >= 15 is 0 Å². The molecule has 1 aromatic heterocycles. The molecule has 4 rings (SSSR count). The number of benzene rings is 1. The molecule has 0 atom stereocenters. The molecule has 186 valence electrons. The highest BCUT2D eigenvalue weighted by Crippen LogP contribution is 2.38. The zero-order valence-corrected chi connectivity index (χ0v) is 20.0. The van der Waals surface area contributed by atoms with Crippen LogP contribution in [-0.4, -0.2) is 53.0 Å². The predicted octanol–water partition coefficient (Wildman–Crippen LogP) is 3.28. The van der Waals surface area contributed by atoms with Crippen molar-refractivity contribution in [2.24, 2.45) is 10.9 Å². The van der Waals surface area contributed by atoms with Gasteiger partial charge < -0.3 is 20.1 Å². The van der Waals surface area contributed by atoms with E-state index in [4.69, 9.17) is 9.84 Å². The van der Waals surface area contributed by atoms with Gasteiger partial charge in [0.1, 0.15) is 18.3 Å². The van der Waals surface area contributed by atoms with Crippen LogP contribution in [0, 0.1) is 11.7 Å². The number of ether oxygens (including phenoxy) is 1. The van der Waals surface area contributed by atoms with Gasteiger partial charge in [-0.05, 0) is 63.8 Å². The van der Waals surface area contributed by atoms with Gasteiger partial charge in [-0.1, -0.05) is 0 Å². The Labute approximate surface area is 204 Å². The molecule has 1 fully saturated rings. The summed E-state index contributed by atoms with van der Waals surface area (Å²) in [6, 6.07) is 7.32. The molecule has 35 heavy (non-hydrogen) atoms. The quantitative estimate of drug-likeness (QED) is 0.628. The highest BCUT2D eigenvalue weighted by molar-refractivity contribution is 6.12. The molecule has 2 heterocycles. The van der Waals surface area contributed by atoms with Gasteiger partial charge in [0, 0.05) is 47.8 Å². The first-order chi connectivity index (χ1) is 16.9. The molecular formula is C26H31FN4O4. The van der Waals surface area contributed by atoms with Crippen molar-refractivity contribution in [3.05, 3.63) is 53.5 Å². The van der Waals surface area contributed by atoms with Crippen LogP contribution in [0.4, 0.5) is 10.1 Å². The van der Waals surface area contributed by atoms with Gasteiger partial charge in [-0.3, -0.25) is 9.59 Å². The van der Waals surface area contributed by atoms with E-state index in [9.17, 15) is 14.0 Å². The van der Waals surface area contributed by atoms with Crippen LogP contribution >= 0.6 is 0 Å². The van der Waals surface area contributed by atoms with Gasteiger partial charge in [-0.25, -0.2) is 9.37 Å². The van der Waals surface area contributed by atoms with Crippen LogP contribution in [0.1, 0.15) is 55.5 Å². The fourth-order valence-corrected chi connectivity index (χ4v) is 4.71. The number of amides is 2. The molecule has 2 aliphatic rings. The first kappa shape index (κ1) is 24.8. The Bertz CT molecular complexity index is 1100. The lowest BCUT2D eigenvalue weighted by atomic mass is 9.84. The molecule has 2 amide bonds. The molecule has 9 heteroatoms. The number of aliphatic hydroxyl groups is 1. The van der Waals surface area contributed by atoms with E-state index in [2.05, 4.69) is 20.2 Å². The Balaban J connectivity index is 1.59. The fraction of sp³-hybridized carbons (Fsp3) is 0.462. The van der Waals surface area contributed by atoms with Crippen molar-refractivity contribution in [1.82, 2.24) is 10.3 Å². The van der Waals surface area contributed by atoms with Gasteiger partial charge in [0.2, 0.25) is 11.8 Å². The minimum atomic E-state index is -0.437. The van der Waals surface area contributed by atoms with Crippen LogP contribution in [0.2, 0.25) is 0 Å². The summed E-state index contributed by atoms with van der Waals surface area (Å²) >= 11 is 0. The summed E-state index contributed by atoms with van der Waals surface area (Å²) in [5.41, 5.74) is 2.11. The number of fused-ring (bicyclic) bond motifs is 1. The van der Waals surface area contributed by atoms with Crippen molar-refractivity contribution >= 4 is 23.3 Å². The van der Waals surface area contributed by atoms with Gasteiger partial charge in [0.05, 0.1) is 12.3 Å². The number of nitrogens with zero attached hydrogens (tertiary/aromatic N) is 3. The molecule has 1 aliphatic carbocycles. The Morgan fingerprint density at radius 3 is 2.60 bits per heavy atom. The highest BCUT2D eigenvalue weighted by Gasteiger charge is 2.36. The first-order valence-corrected chi connectivity index (χ1v) is 12.1. The van der Waals surface area contributed by atoms with Gasteiger partial charge >= 0.3 is 0 Å². The van der Waals surface area contributed by atoms with Crippen molar-refractivity contribution < 1.29 is 23.8 Å². The van der Waals surface area contributed by atoms with Crippen LogP contribution in [0.3, 0.4) is 0 Å².